The summed E-state index contributed by atoms with van der Waals surface area (Å²) in [6, 6.07) is 4.81. The van der Waals surface area contributed by atoms with Crippen molar-refractivity contribution in [3.8, 4) is 0 Å². The maximum Gasteiger partial charge on any atom is 0.251 e. The number of likely N-dealkylation sites (N-methyl/N-ethyl adjacent to an activating group) is 1. The molecule has 1 heterocycles. The van der Waals surface area contributed by atoms with Crippen molar-refractivity contribution in [1.82, 2.24) is 14.9 Å². The molecule has 8 heteroatoms. The molecule has 0 bridgehead atoms. The highest BCUT2D eigenvalue weighted by Crippen LogP contribution is 2.20. The average molecular weight is 355 g/mol. The Bertz CT molecular complexity index is 685. The molecule has 2 rings (SSSR count). The predicted molar refractivity (Wildman–Crippen MR) is 91.6 cm³/mol. The second-order valence-electron chi connectivity index (χ2n) is 5.89. The number of morpholine rings is 1. The van der Waals surface area contributed by atoms with E-state index in [1.165, 1.54) is 10.4 Å². The molecular formula is C16H25N3O4S. The molecule has 1 amide bonds. The molecule has 0 saturated carbocycles. The van der Waals surface area contributed by atoms with Crippen molar-refractivity contribution in [2.24, 2.45) is 0 Å². The van der Waals surface area contributed by atoms with Gasteiger partial charge in [0.1, 0.15) is 0 Å². The van der Waals surface area contributed by atoms with Crippen LogP contribution in [0.2, 0.25) is 0 Å². The van der Waals surface area contributed by atoms with Crippen molar-refractivity contribution in [2.45, 2.75) is 24.8 Å². The minimum Gasteiger partial charge on any atom is -0.379 e. The van der Waals surface area contributed by atoms with Crippen molar-refractivity contribution >= 4 is 15.9 Å². The monoisotopic (exact) mass is 355 g/mol. The first kappa shape index (κ1) is 18.9. The molecule has 0 aromatic heterocycles. The molecule has 24 heavy (non-hydrogen) atoms. The number of ether oxygens (including phenoxy) is 1. The highest BCUT2D eigenvalue weighted by Gasteiger charge is 2.27. The number of amides is 1. The van der Waals surface area contributed by atoms with Gasteiger partial charge in [-0.3, -0.25) is 4.79 Å². The Hall–Kier alpha value is -1.48. The fourth-order valence-corrected chi connectivity index (χ4v) is 3.82. The van der Waals surface area contributed by atoms with Crippen LogP contribution in [0.5, 0.6) is 0 Å². The number of nitrogens with one attached hydrogen (secondary N) is 2. The minimum atomic E-state index is -3.61. The molecule has 2 N–H and O–H groups in total. The summed E-state index contributed by atoms with van der Waals surface area (Å²) < 4.78 is 32.0. The number of hydrogen-bond acceptors (Lipinski definition) is 5. The van der Waals surface area contributed by atoms with Gasteiger partial charge >= 0.3 is 0 Å². The maximum atomic E-state index is 12.7. The average Bonchev–Trinajstić information content (AvgIpc) is 2.60. The van der Waals surface area contributed by atoms with Crippen LogP contribution in [-0.4, -0.2) is 64.6 Å². The van der Waals surface area contributed by atoms with Crippen LogP contribution in [0.15, 0.2) is 23.1 Å². The van der Waals surface area contributed by atoms with Crippen LogP contribution in [-0.2, 0) is 14.8 Å². The lowest BCUT2D eigenvalue weighted by Gasteiger charge is -2.26. The summed E-state index contributed by atoms with van der Waals surface area (Å²) >= 11 is 0. The van der Waals surface area contributed by atoms with Gasteiger partial charge in [0.05, 0.1) is 18.1 Å². The van der Waals surface area contributed by atoms with Crippen molar-refractivity contribution in [2.75, 3.05) is 39.9 Å². The lowest BCUT2D eigenvalue weighted by Crippen LogP contribution is -2.40. The van der Waals surface area contributed by atoms with Gasteiger partial charge in [0.2, 0.25) is 10.0 Å². The molecule has 1 fully saturated rings. The number of rotatable bonds is 6. The van der Waals surface area contributed by atoms with E-state index in [0.717, 1.165) is 5.56 Å². The zero-order valence-corrected chi connectivity index (χ0v) is 15.1. The molecule has 0 aliphatic carbocycles. The molecular weight excluding hydrogens is 330 g/mol. The third kappa shape index (κ3) is 4.32. The molecule has 1 atom stereocenters. The van der Waals surface area contributed by atoms with Gasteiger partial charge in [-0.05, 0) is 38.6 Å². The quantitative estimate of drug-likeness (QED) is 0.769. The maximum absolute atomic E-state index is 12.7. The highest BCUT2D eigenvalue weighted by atomic mass is 32.2. The van der Waals surface area contributed by atoms with Crippen LogP contribution in [0.25, 0.3) is 0 Å². The van der Waals surface area contributed by atoms with E-state index < -0.39 is 10.0 Å². The SMILES string of the molecule is CNC(C)CNC(=O)c1cc(S(=O)(=O)N2CCOCC2)ccc1C. The molecule has 1 saturated heterocycles. The van der Waals surface area contributed by atoms with E-state index in [0.29, 0.717) is 38.4 Å². The topological polar surface area (TPSA) is 87.7 Å². The molecule has 1 aromatic carbocycles. The standard InChI is InChI=1S/C16H25N3O4S/c1-12-4-5-14(24(21,22)19-6-8-23-9-7-19)10-15(12)16(20)18-11-13(2)17-3/h4-5,10,13,17H,6-9,11H2,1-3H3,(H,18,20). The third-order valence-corrected chi connectivity index (χ3v) is 6.02. The van der Waals surface area contributed by atoms with E-state index in [4.69, 9.17) is 4.74 Å². The first-order valence-electron chi connectivity index (χ1n) is 8.00. The number of nitrogens with zero attached hydrogens (tertiary/aromatic N) is 1. The molecule has 1 aliphatic heterocycles. The normalized spacial score (nSPS) is 17.5. The molecule has 1 aromatic rings. The van der Waals surface area contributed by atoms with E-state index in [1.807, 2.05) is 14.0 Å². The van der Waals surface area contributed by atoms with E-state index >= 15 is 0 Å². The fourth-order valence-electron chi connectivity index (χ4n) is 2.39. The second kappa shape index (κ2) is 8.06. The number of aryl methyl sites for hydroxylation is 1. The third-order valence-electron chi connectivity index (χ3n) is 4.12. The van der Waals surface area contributed by atoms with E-state index in [-0.39, 0.29) is 16.8 Å². The highest BCUT2D eigenvalue weighted by molar-refractivity contribution is 7.89. The Labute approximate surface area is 143 Å². The summed E-state index contributed by atoms with van der Waals surface area (Å²) in [4.78, 5) is 12.5. The van der Waals surface area contributed by atoms with Crippen LogP contribution < -0.4 is 10.6 Å². The number of sulfonamides is 1. The summed E-state index contributed by atoms with van der Waals surface area (Å²) in [6.07, 6.45) is 0. The second-order valence-corrected chi connectivity index (χ2v) is 7.83. The molecule has 1 aliphatic rings. The number of benzene rings is 1. The van der Waals surface area contributed by atoms with Gasteiger partial charge in [-0.2, -0.15) is 4.31 Å². The summed E-state index contributed by atoms with van der Waals surface area (Å²) in [7, 11) is -1.79. The number of hydrogen-bond donors (Lipinski definition) is 2. The summed E-state index contributed by atoms with van der Waals surface area (Å²) in [5, 5.41) is 5.85. The first-order valence-corrected chi connectivity index (χ1v) is 9.44. The van der Waals surface area contributed by atoms with E-state index in [1.54, 1.807) is 19.1 Å². The first-order chi connectivity index (χ1) is 11.4. The minimum absolute atomic E-state index is 0.134. The predicted octanol–water partition coefficient (Wildman–Crippen LogP) is 0.354. The van der Waals surface area contributed by atoms with Crippen LogP contribution in [0, 0.1) is 6.92 Å². The summed E-state index contributed by atoms with van der Waals surface area (Å²) in [5.74, 6) is -0.270. The Morgan fingerprint density at radius 3 is 2.62 bits per heavy atom. The van der Waals surface area contributed by atoms with Crippen LogP contribution >= 0.6 is 0 Å². The lowest BCUT2D eigenvalue weighted by atomic mass is 10.1. The summed E-state index contributed by atoms with van der Waals surface area (Å²) in [5.41, 5.74) is 1.12. The summed E-state index contributed by atoms with van der Waals surface area (Å²) in [6.45, 7) is 5.65. The van der Waals surface area contributed by atoms with Crippen LogP contribution in [0.1, 0.15) is 22.8 Å². The zero-order chi connectivity index (χ0) is 17.7. The Morgan fingerprint density at radius 2 is 2.00 bits per heavy atom. The van der Waals surface area contributed by atoms with E-state index in [2.05, 4.69) is 10.6 Å². The van der Waals surface area contributed by atoms with Crippen molar-refractivity contribution in [3.63, 3.8) is 0 Å². The smallest absolute Gasteiger partial charge is 0.251 e. The Morgan fingerprint density at radius 1 is 1.33 bits per heavy atom. The van der Waals surface area contributed by atoms with Crippen molar-refractivity contribution in [1.29, 1.82) is 0 Å². The number of carbonyl (C=O) groups excluding carboxylic acids is 1. The molecule has 134 valence electrons. The van der Waals surface area contributed by atoms with Gasteiger partial charge in [0.15, 0.2) is 0 Å². The molecule has 0 spiro atoms. The zero-order valence-electron chi connectivity index (χ0n) is 14.3. The van der Waals surface area contributed by atoms with Gasteiger partial charge in [-0.25, -0.2) is 8.42 Å². The van der Waals surface area contributed by atoms with Crippen LogP contribution in [0.4, 0.5) is 0 Å². The van der Waals surface area contributed by atoms with Gasteiger partial charge < -0.3 is 15.4 Å². The van der Waals surface area contributed by atoms with Gasteiger partial charge in [-0.15, -0.1) is 0 Å². The number of carbonyl (C=O) groups is 1. The van der Waals surface area contributed by atoms with Gasteiger partial charge in [0.25, 0.3) is 5.91 Å². The fraction of sp³-hybridized carbons (Fsp3) is 0.562. The largest absolute Gasteiger partial charge is 0.379 e. The van der Waals surface area contributed by atoms with Crippen LogP contribution in [0.3, 0.4) is 0 Å². The molecule has 0 radical (unpaired) electrons. The Kier molecular flexibility index (Phi) is 6.34. The van der Waals surface area contributed by atoms with Crippen molar-refractivity contribution in [3.05, 3.63) is 29.3 Å². The van der Waals surface area contributed by atoms with Gasteiger partial charge in [-0.1, -0.05) is 6.07 Å². The van der Waals surface area contributed by atoms with E-state index in [9.17, 15) is 13.2 Å². The molecule has 7 nitrogen and oxygen atoms in total. The van der Waals surface area contributed by atoms with Crippen molar-refractivity contribution < 1.29 is 17.9 Å². The Balaban J connectivity index is 2.22. The molecule has 1 unspecified atom stereocenters. The lowest BCUT2D eigenvalue weighted by molar-refractivity contribution is 0.0730. The van der Waals surface area contributed by atoms with Gasteiger partial charge in [0, 0.05) is 31.2 Å².